The lowest BCUT2D eigenvalue weighted by Gasteiger charge is -1.73. The Morgan fingerprint density at radius 1 is 1.83 bits per heavy atom. The van der Waals surface area contributed by atoms with Gasteiger partial charge in [-0.25, -0.2) is 0 Å². The SMILES string of the molecule is CC(N)=NO.O. The molecule has 38 valence electrons. The Hall–Kier alpha value is -0.770. The second kappa shape index (κ2) is 4.23. The highest BCUT2D eigenvalue weighted by molar-refractivity contribution is 5.76. The van der Waals surface area contributed by atoms with Gasteiger partial charge in [-0.2, -0.15) is 0 Å². The van der Waals surface area contributed by atoms with Crippen LogP contribution in [0.1, 0.15) is 6.92 Å². The van der Waals surface area contributed by atoms with Crippen molar-refractivity contribution in [2.24, 2.45) is 10.9 Å². The molecule has 0 radical (unpaired) electrons. The molecule has 6 heavy (non-hydrogen) atoms. The van der Waals surface area contributed by atoms with Gasteiger partial charge in [-0.1, -0.05) is 5.16 Å². The van der Waals surface area contributed by atoms with Gasteiger partial charge in [0.15, 0.2) is 0 Å². The number of oxime groups is 1. The second-order valence-corrected chi connectivity index (χ2v) is 0.741. The van der Waals surface area contributed by atoms with E-state index in [0.717, 1.165) is 0 Å². The minimum Gasteiger partial charge on any atom is -0.412 e. The Bertz CT molecular complexity index is 47.5. The highest BCUT2D eigenvalue weighted by Gasteiger charge is 1.64. The lowest BCUT2D eigenvalue weighted by atomic mass is 10.7. The normalized spacial score (nSPS) is 9.83. The summed E-state index contributed by atoms with van der Waals surface area (Å²) in [6, 6.07) is 0. The minimum atomic E-state index is 0. The van der Waals surface area contributed by atoms with E-state index in [2.05, 4.69) is 5.16 Å². The van der Waals surface area contributed by atoms with Gasteiger partial charge < -0.3 is 16.4 Å². The van der Waals surface area contributed by atoms with E-state index in [4.69, 9.17) is 10.9 Å². The van der Waals surface area contributed by atoms with Crippen LogP contribution in [0, 0.1) is 0 Å². The van der Waals surface area contributed by atoms with Crippen LogP contribution in [0.25, 0.3) is 0 Å². The van der Waals surface area contributed by atoms with Crippen molar-refractivity contribution < 1.29 is 10.7 Å². The van der Waals surface area contributed by atoms with Crippen molar-refractivity contribution >= 4 is 5.84 Å². The Labute approximate surface area is 35.6 Å². The average Bonchev–Trinajstić information content (AvgIpc) is 1.38. The van der Waals surface area contributed by atoms with Crippen LogP contribution < -0.4 is 5.73 Å². The first-order valence-electron chi connectivity index (χ1n) is 1.21. The van der Waals surface area contributed by atoms with E-state index in [1.807, 2.05) is 0 Å². The van der Waals surface area contributed by atoms with Crippen LogP contribution in [0.2, 0.25) is 0 Å². The van der Waals surface area contributed by atoms with Crippen LogP contribution in [0.4, 0.5) is 0 Å². The quantitative estimate of drug-likeness (QED) is 0.172. The number of nitrogens with two attached hydrogens (primary N) is 1. The van der Waals surface area contributed by atoms with E-state index in [0.29, 0.717) is 0 Å². The Morgan fingerprint density at radius 3 is 2.00 bits per heavy atom. The van der Waals surface area contributed by atoms with Crippen LogP contribution in [0.3, 0.4) is 0 Å². The zero-order chi connectivity index (χ0) is 4.28. The Balaban J connectivity index is 0. The summed E-state index contributed by atoms with van der Waals surface area (Å²) in [6.07, 6.45) is 0. The van der Waals surface area contributed by atoms with Crippen molar-refractivity contribution in [3.05, 3.63) is 0 Å². The third-order valence-electron chi connectivity index (χ3n) is 0.158. The van der Waals surface area contributed by atoms with E-state index in [-0.39, 0.29) is 11.3 Å². The van der Waals surface area contributed by atoms with Gasteiger partial charge in [0.05, 0.1) is 0 Å². The van der Waals surface area contributed by atoms with Crippen LogP contribution in [0.5, 0.6) is 0 Å². The van der Waals surface area contributed by atoms with E-state index in [9.17, 15) is 0 Å². The fourth-order valence-corrected chi connectivity index (χ4v) is 0. The smallest absolute Gasteiger partial charge is 0.135 e. The maximum absolute atomic E-state index is 7.61. The molecule has 0 aliphatic rings. The number of hydrogen-bond donors (Lipinski definition) is 2. The zero-order valence-corrected chi connectivity index (χ0v) is 3.47. The summed E-state index contributed by atoms with van der Waals surface area (Å²) in [6.45, 7) is 1.50. The zero-order valence-electron chi connectivity index (χ0n) is 3.47. The molecule has 0 saturated heterocycles. The molecule has 0 atom stereocenters. The molecular formula is C2H8N2O2. The van der Waals surface area contributed by atoms with Crippen LogP contribution in [-0.4, -0.2) is 16.5 Å². The number of hydrogen-bond acceptors (Lipinski definition) is 2. The first-order valence-corrected chi connectivity index (χ1v) is 1.21. The predicted molar refractivity (Wildman–Crippen MR) is 22.7 cm³/mol. The average molecular weight is 92.1 g/mol. The molecule has 0 bridgehead atoms. The van der Waals surface area contributed by atoms with Crippen molar-refractivity contribution in [2.75, 3.05) is 0 Å². The summed E-state index contributed by atoms with van der Waals surface area (Å²) in [7, 11) is 0. The van der Waals surface area contributed by atoms with Gasteiger partial charge in [-0.05, 0) is 6.92 Å². The molecule has 0 aromatic rings. The molecule has 0 amide bonds. The van der Waals surface area contributed by atoms with E-state index >= 15 is 0 Å². The van der Waals surface area contributed by atoms with Gasteiger partial charge in [0.25, 0.3) is 0 Å². The molecule has 0 unspecified atom stereocenters. The van der Waals surface area contributed by atoms with Gasteiger partial charge in [-0.3, -0.25) is 0 Å². The Morgan fingerprint density at radius 2 is 2.00 bits per heavy atom. The lowest BCUT2D eigenvalue weighted by Crippen LogP contribution is -2.03. The Kier molecular flexibility index (Phi) is 6.32. The minimum absolute atomic E-state index is 0. The van der Waals surface area contributed by atoms with Crippen molar-refractivity contribution in [3.63, 3.8) is 0 Å². The van der Waals surface area contributed by atoms with E-state index in [1.54, 1.807) is 0 Å². The number of nitrogens with zero attached hydrogens (tertiary/aromatic N) is 1. The molecule has 4 nitrogen and oxygen atoms in total. The summed E-state index contributed by atoms with van der Waals surface area (Å²) in [5.74, 6) is 0.185. The molecule has 4 heteroatoms. The molecule has 0 fully saturated rings. The molecule has 0 aliphatic heterocycles. The molecule has 0 aromatic heterocycles. The first-order chi connectivity index (χ1) is 2.27. The van der Waals surface area contributed by atoms with Crippen molar-refractivity contribution in [2.45, 2.75) is 6.92 Å². The van der Waals surface area contributed by atoms with Crippen LogP contribution >= 0.6 is 0 Å². The standard InChI is InChI=1S/C2H6N2O.H2O/c1-2(3)4-5;/h5H,1H3,(H2,3,4);1H2. The first kappa shape index (κ1) is 8.97. The fourth-order valence-electron chi connectivity index (χ4n) is 0. The summed E-state index contributed by atoms with van der Waals surface area (Å²) < 4.78 is 0. The van der Waals surface area contributed by atoms with E-state index in [1.165, 1.54) is 6.92 Å². The summed E-state index contributed by atoms with van der Waals surface area (Å²) in [5, 5.41) is 10.2. The summed E-state index contributed by atoms with van der Waals surface area (Å²) >= 11 is 0. The largest absolute Gasteiger partial charge is 0.412 e. The molecule has 0 aliphatic carbocycles. The van der Waals surface area contributed by atoms with Crippen molar-refractivity contribution in [1.82, 2.24) is 0 Å². The molecule has 0 heterocycles. The number of amidine groups is 1. The van der Waals surface area contributed by atoms with E-state index < -0.39 is 0 Å². The molecule has 0 spiro atoms. The van der Waals surface area contributed by atoms with Gasteiger partial charge in [0, 0.05) is 0 Å². The molecule has 0 rings (SSSR count). The fraction of sp³-hybridized carbons (Fsp3) is 0.500. The van der Waals surface area contributed by atoms with Gasteiger partial charge in [0.2, 0.25) is 0 Å². The highest BCUT2D eigenvalue weighted by atomic mass is 16.4. The number of rotatable bonds is 0. The third-order valence-corrected chi connectivity index (χ3v) is 0.158. The molecular weight excluding hydrogens is 84.0 g/mol. The summed E-state index contributed by atoms with van der Waals surface area (Å²) in [4.78, 5) is 0. The third kappa shape index (κ3) is 10.6. The molecule has 0 aromatic carbocycles. The van der Waals surface area contributed by atoms with Crippen molar-refractivity contribution in [3.8, 4) is 0 Å². The van der Waals surface area contributed by atoms with Crippen LogP contribution in [0.15, 0.2) is 5.16 Å². The monoisotopic (exact) mass is 92.1 g/mol. The maximum atomic E-state index is 7.61. The topological polar surface area (TPSA) is 90.1 Å². The predicted octanol–water partition coefficient (Wildman–Crippen LogP) is -1.07. The lowest BCUT2D eigenvalue weighted by molar-refractivity contribution is 0.318. The highest BCUT2D eigenvalue weighted by Crippen LogP contribution is 1.51. The van der Waals surface area contributed by atoms with Gasteiger partial charge >= 0.3 is 0 Å². The maximum Gasteiger partial charge on any atom is 0.135 e. The van der Waals surface area contributed by atoms with Crippen LogP contribution in [-0.2, 0) is 0 Å². The van der Waals surface area contributed by atoms with Gasteiger partial charge in [0.1, 0.15) is 5.84 Å². The second-order valence-electron chi connectivity index (χ2n) is 0.741. The molecule has 5 N–H and O–H groups in total. The summed E-state index contributed by atoms with van der Waals surface area (Å²) in [5.41, 5.74) is 4.79. The van der Waals surface area contributed by atoms with Crippen molar-refractivity contribution in [1.29, 1.82) is 0 Å². The molecule has 0 saturated carbocycles. The van der Waals surface area contributed by atoms with Gasteiger partial charge in [-0.15, -0.1) is 0 Å².